The number of rotatable bonds is 7. The molecule has 0 aliphatic carbocycles. The summed E-state index contributed by atoms with van der Waals surface area (Å²) >= 11 is 6.34. The monoisotopic (exact) mass is 403 g/mol. The van der Waals surface area contributed by atoms with Crippen LogP contribution in [0.4, 0.5) is 0 Å². The van der Waals surface area contributed by atoms with Crippen LogP contribution in [0, 0.1) is 11.8 Å². The number of hydrogen-bond acceptors (Lipinski definition) is 4. The van der Waals surface area contributed by atoms with Gasteiger partial charge in [0.25, 0.3) is 5.91 Å². The van der Waals surface area contributed by atoms with E-state index in [9.17, 15) is 4.79 Å². The van der Waals surface area contributed by atoms with Gasteiger partial charge in [0, 0.05) is 18.0 Å². The lowest BCUT2D eigenvalue weighted by molar-refractivity contribution is 0.0938. The summed E-state index contributed by atoms with van der Waals surface area (Å²) in [6, 6.07) is 11.3. The first-order chi connectivity index (χ1) is 13.5. The Labute approximate surface area is 170 Å². The highest BCUT2D eigenvalue weighted by molar-refractivity contribution is 6.32. The van der Waals surface area contributed by atoms with Gasteiger partial charge in [0.2, 0.25) is 0 Å². The molecule has 0 radical (unpaired) electrons. The SMILES string of the molecule is COc1cc(C(=O)NCC2COc3ccccc3C2)cc(Cl)c1OCC(C)C. The maximum absolute atomic E-state index is 12.6. The summed E-state index contributed by atoms with van der Waals surface area (Å²) in [4.78, 5) is 12.6. The maximum Gasteiger partial charge on any atom is 0.251 e. The Morgan fingerprint density at radius 3 is 2.86 bits per heavy atom. The van der Waals surface area contributed by atoms with E-state index in [1.54, 1.807) is 12.1 Å². The molecular weight excluding hydrogens is 378 g/mol. The minimum Gasteiger partial charge on any atom is -0.493 e. The lowest BCUT2D eigenvalue weighted by atomic mass is 9.96. The van der Waals surface area contributed by atoms with Gasteiger partial charge in [0.15, 0.2) is 11.5 Å². The lowest BCUT2D eigenvalue weighted by Crippen LogP contribution is -2.34. The third-order valence-electron chi connectivity index (χ3n) is 4.56. The number of ether oxygens (including phenoxy) is 3. The molecule has 1 heterocycles. The molecule has 3 rings (SSSR count). The van der Waals surface area contributed by atoms with Crippen molar-refractivity contribution in [2.75, 3.05) is 26.9 Å². The molecule has 5 nitrogen and oxygen atoms in total. The average Bonchev–Trinajstić information content (AvgIpc) is 2.70. The van der Waals surface area contributed by atoms with Gasteiger partial charge in [0.1, 0.15) is 5.75 Å². The molecule has 1 aliphatic heterocycles. The van der Waals surface area contributed by atoms with Crippen LogP contribution >= 0.6 is 11.6 Å². The topological polar surface area (TPSA) is 56.8 Å². The maximum atomic E-state index is 12.6. The van der Waals surface area contributed by atoms with E-state index in [1.807, 2.05) is 18.2 Å². The minimum atomic E-state index is -0.200. The van der Waals surface area contributed by atoms with E-state index < -0.39 is 0 Å². The summed E-state index contributed by atoms with van der Waals surface area (Å²) in [5.74, 6) is 2.23. The van der Waals surface area contributed by atoms with Gasteiger partial charge >= 0.3 is 0 Å². The molecule has 2 aromatic rings. The molecule has 1 unspecified atom stereocenters. The molecule has 0 spiro atoms. The second-order valence-corrected chi connectivity index (χ2v) is 7.80. The Morgan fingerprint density at radius 1 is 1.32 bits per heavy atom. The van der Waals surface area contributed by atoms with E-state index in [4.69, 9.17) is 25.8 Å². The van der Waals surface area contributed by atoms with E-state index in [1.165, 1.54) is 12.7 Å². The van der Waals surface area contributed by atoms with Gasteiger partial charge in [-0.2, -0.15) is 0 Å². The molecule has 150 valence electrons. The quantitative estimate of drug-likeness (QED) is 0.746. The number of fused-ring (bicyclic) bond motifs is 1. The van der Waals surface area contributed by atoms with Crippen molar-refractivity contribution in [3.05, 3.63) is 52.5 Å². The molecule has 6 heteroatoms. The van der Waals surface area contributed by atoms with Crippen molar-refractivity contribution in [1.82, 2.24) is 5.32 Å². The van der Waals surface area contributed by atoms with Crippen LogP contribution in [0.5, 0.6) is 17.2 Å². The number of para-hydroxylation sites is 1. The molecule has 1 N–H and O–H groups in total. The van der Waals surface area contributed by atoms with Crippen molar-refractivity contribution in [2.24, 2.45) is 11.8 Å². The predicted octanol–water partition coefficient (Wildman–Crippen LogP) is 4.36. The van der Waals surface area contributed by atoms with Crippen LogP contribution in [0.1, 0.15) is 29.8 Å². The van der Waals surface area contributed by atoms with Crippen molar-refractivity contribution in [1.29, 1.82) is 0 Å². The molecule has 1 amide bonds. The summed E-state index contributed by atoms with van der Waals surface area (Å²) in [6.07, 6.45) is 0.877. The number of methoxy groups -OCH3 is 1. The molecule has 0 fully saturated rings. The number of halogens is 1. The zero-order valence-electron chi connectivity index (χ0n) is 16.5. The standard InChI is InChI=1S/C22H26ClNO4/c1-14(2)12-28-21-18(23)9-17(10-20(21)26-3)22(25)24-11-15-8-16-6-4-5-7-19(16)27-13-15/h4-7,9-10,14-15H,8,11-13H2,1-3H3,(H,24,25). The average molecular weight is 404 g/mol. The second kappa shape index (κ2) is 9.20. The van der Waals surface area contributed by atoms with Gasteiger partial charge in [-0.3, -0.25) is 4.79 Å². The summed E-state index contributed by atoms with van der Waals surface area (Å²) in [7, 11) is 1.53. The Balaban J connectivity index is 1.63. The van der Waals surface area contributed by atoms with E-state index in [-0.39, 0.29) is 11.8 Å². The highest BCUT2D eigenvalue weighted by atomic mass is 35.5. The van der Waals surface area contributed by atoms with Crippen LogP contribution in [-0.2, 0) is 6.42 Å². The third kappa shape index (κ3) is 4.90. The Kier molecular flexibility index (Phi) is 6.68. The van der Waals surface area contributed by atoms with Gasteiger partial charge in [-0.05, 0) is 36.1 Å². The molecule has 2 aromatic carbocycles. The fourth-order valence-electron chi connectivity index (χ4n) is 3.10. The van der Waals surface area contributed by atoms with Crippen LogP contribution in [0.25, 0.3) is 0 Å². The fraction of sp³-hybridized carbons (Fsp3) is 0.409. The zero-order valence-corrected chi connectivity index (χ0v) is 17.2. The lowest BCUT2D eigenvalue weighted by Gasteiger charge is -2.25. The van der Waals surface area contributed by atoms with Crippen molar-refractivity contribution in [2.45, 2.75) is 20.3 Å². The van der Waals surface area contributed by atoms with Crippen LogP contribution in [0.15, 0.2) is 36.4 Å². The first-order valence-corrected chi connectivity index (χ1v) is 9.85. The molecule has 0 saturated heterocycles. The summed E-state index contributed by atoms with van der Waals surface area (Å²) in [5, 5.41) is 3.33. The van der Waals surface area contributed by atoms with E-state index in [0.29, 0.717) is 47.8 Å². The Morgan fingerprint density at radius 2 is 2.11 bits per heavy atom. The number of hydrogen-bond donors (Lipinski definition) is 1. The molecular formula is C22H26ClNO4. The van der Waals surface area contributed by atoms with Crippen molar-refractivity contribution in [3.63, 3.8) is 0 Å². The first kappa shape index (κ1) is 20.3. The molecule has 1 atom stereocenters. The normalized spacial score (nSPS) is 15.5. The van der Waals surface area contributed by atoms with Crippen LogP contribution in [-0.4, -0.2) is 32.8 Å². The van der Waals surface area contributed by atoms with Gasteiger partial charge in [-0.25, -0.2) is 0 Å². The molecule has 0 bridgehead atoms. The van der Waals surface area contributed by atoms with Crippen molar-refractivity contribution < 1.29 is 19.0 Å². The number of amides is 1. The van der Waals surface area contributed by atoms with Crippen LogP contribution in [0.2, 0.25) is 5.02 Å². The van der Waals surface area contributed by atoms with Gasteiger partial charge in [-0.1, -0.05) is 43.6 Å². The Bertz CT molecular complexity index is 837. The number of carbonyl (C=O) groups is 1. The van der Waals surface area contributed by atoms with Crippen LogP contribution < -0.4 is 19.5 Å². The predicted molar refractivity (Wildman–Crippen MR) is 110 cm³/mol. The van der Waals surface area contributed by atoms with Gasteiger partial charge in [-0.15, -0.1) is 0 Å². The molecule has 28 heavy (non-hydrogen) atoms. The summed E-state index contributed by atoms with van der Waals surface area (Å²) < 4.78 is 16.9. The van der Waals surface area contributed by atoms with Crippen LogP contribution in [0.3, 0.4) is 0 Å². The summed E-state index contributed by atoms with van der Waals surface area (Å²) in [6.45, 7) is 5.73. The van der Waals surface area contributed by atoms with E-state index >= 15 is 0 Å². The van der Waals surface area contributed by atoms with E-state index in [0.717, 1.165) is 12.2 Å². The van der Waals surface area contributed by atoms with Gasteiger partial charge in [0.05, 0.1) is 25.3 Å². The van der Waals surface area contributed by atoms with E-state index in [2.05, 4.69) is 25.2 Å². The van der Waals surface area contributed by atoms with Crippen molar-refractivity contribution in [3.8, 4) is 17.2 Å². The number of benzene rings is 2. The third-order valence-corrected chi connectivity index (χ3v) is 4.84. The number of nitrogens with one attached hydrogen (secondary N) is 1. The first-order valence-electron chi connectivity index (χ1n) is 9.47. The minimum absolute atomic E-state index is 0.200. The number of carbonyl (C=O) groups excluding carboxylic acids is 1. The largest absolute Gasteiger partial charge is 0.493 e. The smallest absolute Gasteiger partial charge is 0.251 e. The molecule has 0 saturated carbocycles. The van der Waals surface area contributed by atoms with Gasteiger partial charge < -0.3 is 19.5 Å². The Hall–Kier alpha value is -2.40. The zero-order chi connectivity index (χ0) is 20.1. The second-order valence-electron chi connectivity index (χ2n) is 7.39. The van der Waals surface area contributed by atoms with Crippen molar-refractivity contribution >= 4 is 17.5 Å². The highest BCUT2D eigenvalue weighted by Crippen LogP contribution is 2.36. The fourth-order valence-corrected chi connectivity index (χ4v) is 3.37. The molecule has 0 aromatic heterocycles. The highest BCUT2D eigenvalue weighted by Gasteiger charge is 2.21. The molecule has 1 aliphatic rings. The summed E-state index contributed by atoms with van der Waals surface area (Å²) in [5.41, 5.74) is 1.61.